The second-order valence-corrected chi connectivity index (χ2v) is 7.19. The highest BCUT2D eigenvalue weighted by Crippen LogP contribution is 2.49. The van der Waals surface area contributed by atoms with Gasteiger partial charge >= 0.3 is 5.97 Å². The topological polar surface area (TPSA) is 70.4 Å². The highest BCUT2D eigenvalue weighted by atomic mass is 16.5. The van der Waals surface area contributed by atoms with Crippen molar-refractivity contribution in [3.63, 3.8) is 0 Å². The maximum atomic E-state index is 12.6. The summed E-state index contributed by atoms with van der Waals surface area (Å²) in [6, 6.07) is 3.57. The zero-order valence-electron chi connectivity index (χ0n) is 15.2. The minimum Gasteiger partial charge on any atom is -0.452 e. The van der Waals surface area contributed by atoms with Crippen LogP contribution in [0.15, 0.2) is 35.9 Å². The van der Waals surface area contributed by atoms with Crippen molar-refractivity contribution in [1.82, 2.24) is 9.78 Å². The van der Waals surface area contributed by atoms with Crippen LogP contribution in [-0.4, -0.2) is 21.5 Å². The zero-order valence-corrected chi connectivity index (χ0v) is 15.2. The van der Waals surface area contributed by atoms with Gasteiger partial charge in [0.1, 0.15) is 11.5 Å². The van der Waals surface area contributed by atoms with Crippen LogP contribution in [0, 0.1) is 0 Å². The molecule has 134 valence electrons. The Morgan fingerprint density at radius 3 is 2.65 bits per heavy atom. The van der Waals surface area contributed by atoms with Crippen molar-refractivity contribution in [2.24, 2.45) is 0 Å². The molecule has 1 unspecified atom stereocenters. The first kappa shape index (κ1) is 16.6. The molecule has 0 bridgehead atoms. The van der Waals surface area contributed by atoms with Gasteiger partial charge in [0.05, 0.1) is 18.2 Å². The van der Waals surface area contributed by atoms with Gasteiger partial charge in [-0.05, 0) is 51.0 Å². The van der Waals surface area contributed by atoms with Crippen LogP contribution in [0.25, 0.3) is 0 Å². The summed E-state index contributed by atoms with van der Waals surface area (Å²) in [4.78, 5) is 24.7. The van der Waals surface area contributed by atoms with E-state index >= 15 is 0 Å². The second-order valence-electron chi connectivity index (χ2n) is 7.19. The molecule has 2 aliphatic rings. The predicted octanol–water partition coefficient (Wildman–Crippen LogP) is 3.77. The van der Waals surface area contributed by atoms with Crippen LogP contribution in [0.5, 0.6) is 11.5 Å². The number of rotatable bonds is 2. The van der Waals surface area contributed by atoms with E-state index in [2.05, 4.69) is 5.10 Å². The number of aromatic nitrogens is 2. The summed E-state index contributed by atoms with van der Waals surface area (Å²) in [7, 11) is 0. The van der Waals surface area contributed by atoms with Crippen molar-refractivity contribution in [1.29, 1.82) is 0 Å². The van der Waals surface area contributed by atoms with Gasteiger partial charge < -0.3 is 9.47 Å². The van der Waals surface area contributed by atoms with Crippen molar-refractivity contribution < 1.29 is 19.1 Å². The van der Waals surface area contributed by atoms with Crippen LogP contribution in [-0.2, 0) is 4.79 Å². The molecule has 0 aliphatic carbocycles. The van der Waals surface area contributed by atoms with E-state index in [-0.39, 0.29) is 30.1 Å². The largest absolute Gasteiger partial charge is 0.452 e. The third-order valence-corrected chi connectivity index (χ3v) is 4.76. The maximum Gasteiger partial charge on any atom is 0.312 e. The lowest BCUT2D eigenvalue weighted by Crippen LogP contribution is -2.21. The molecule has 0 amide bonds. The minimum atomic E-state index is -0.300. The van der Waals surface area contributed by atoms with Crippen molar-refractivity contribution in [2.75, 3.05) is 0 Å². The maximum absolute atomic E-state index is 12.6. The van der Waals surface area contributed by atoms with Crippen molar-refractivity contribution in [3.8, 4) is 11.5 Å². The van der Waals surface area contributed by atoms with Crippen molar-refractivity contribution >= 4 is 11.8 Å². The summed E-state index contributed by atoms with van der Waals surface area (Å²) in [6.45, 7) is 7.77. The van der Waals surface area contributed by atoms with Gasteiger partial charge in [0.25, 0.3) is 0 Å². The van der Waals surface area contributed by atoms with Gasteiger partial charge in [-0.2, -0.15) is 5.10 Å². The quantitative estimate of drug-likeness (QED) is 0.467. The molecule has 0 fully saturated rings. The highest BCUT2D eigenvalue weighted by molar-refractivity contribution is 6.13. The lowest BCUT2D eigenvalue weighted by molar-refractivity contribution is -0.135. The number of hydrogen-bond donors (Lipinski definition) is 0. The van der Waals surface area contributed by atoms with Gasteiger partial charge in [0.15, 0.2) is 5.76 Å². The number of ether oxygens (including phenoxy) is 2. The predicted molar refractivity (Wildman–Crippen MR) is 94.5 cm³/mol. The van der Waals surface area contributed by atoms with Crippen LogP contribution >= 0.6 is 0 Å². The summed E-state index contributed by atoms with van der Waals surface area (Å²) < 4.78 is 13.2. The SMILES string of the molecule is CC(C)=C1Oc2c(ccc3c2C(c2cnn(C(C)C)c2)CC(=O)O3)C1=O. The summed E-state index contributed by atoms with van der Waals surface area (Å²) in [5.74, 6) is 0.617. The number of Topliss-reactive ketones (excluding diaryl/α,β-unsaturated/α-hetero) is 1. The monoisotopic (exact) mass is 352 g/mol. The standard InChI is InChI=1S/C20H20N2O4/c1-10(2)19-18(24)13-5-6-15-17(20(13)26-19)14(7-16(23)25-15)12-8-21-22(9-12)11(3)4/h5-6,8-9,11,14H,7H2,1-4H3. The Balaban J connectivity index is 1.88. The third-order valence-electron chi connectivity index (χ3n) is 4.76. The number of nitrogens with zero attached hydrogens (tertiary/aromatic N) is 2. The zero-order chi connectivity index (χ0) is 18.6. The molecule has 4 rings (SSSR count). The van der Waals surface area contributed by atoms with Crippen molar-refractivity contribution in [2.45, 2.75) is 46.1 Å². The van der Waals surface area contributed by atoms with Crippen LogP contribution in [0.2, 0.25) is 0 Å². The molecular formula is C20H20N2O4. The van der Waals surface area contributed by atoms with E-state index in [1.54, 1.807) is 18.3 Å². The average Bonchev–Trinajstić information content (AvgIpc) is 3.19. The molecule has 0 saturated carbocycles. The second kappa shape index (κ2) is 5.83. The molecule has 1 aromatic heterocycles. The fourth-order valence-electron chi connectivity index (χ4n) is 3.42. The van der Waals surface area contributed by atoms with Gasteiger partial charge in [-0.15, -0.1) is 0 Å². The van der Waals surface area contributed by atoms with E-state index in [9.17, 15) is 9.59 Å². The van der Waals surface area contributed by atoms with Crippen LogP contribution in [0.3, 0.4) is 0 Å². The Morgan fingerprint density at radius 2 is 2.00 bits per heavy atom. The Hall–Kier alpha value is -2.89. The first-order chi connectivity index (χ1) is 12.4. The molecule has 1 atom stereocenters. The summed E-state index contributed by atoms with van der Waals surface area (Å²) in [5, 5.41) is 4.39. The van der Waals surface area contributed by atoms with Gasteiger partial charge in [-0.25, -0.2) is 0 Å². The molecule has 6 heteroatoms. The molecule has 6 nitrogen and oxygen atoms in total. The fourth-order valence-corrected chi connectivity index (χ4v) is 3.42. The number of allylic oxidation sites excluding steroid dienone is 2. The van der Waals surface area contributed by atoms with Crippen LogP contribution < -0.4 is 9.47 Å². The van der Waals surface area contributed by atoms with Gasteiger partial charge in [-0.1, -0.05) is 0 Å². The number of ketones is 1. The third kappa shape index (κ3) is 2.44. The highest BCUT2D eigenvalue weighted by Gasteiger charge is 2.39. The first-order valence-corrected chi connectivity index (χ1v) is 8.68. The molecular weight excluding hydrogens is 332 g/mol. The van der Waals surface area contributed by atoms with Crippen molar-refractivity contribution in [3.05, 3.63) is 52.5 Å². The molecule has 26 heavy (non-hydrogen) atoms. The minimum absolute atomic E-state index is 0.128. The molecule has 2 aromatic rings. The summed E-state index contributed by atoms with van der Waals surface area (Å²) in [6.07, 6.45) is 3.90. The fraction of sp³-hybridized carbons (Fsp3) is 0.350. The lowest BCUT2D eigenvalue weighted by Gasteiger charge is -2.25. The Morgan fingerprint density at radius 1 is 1.23 bits per heavy atom. The molecule has 0 saturated heterocycles. The molecule has 2 aliphatic heterocycles. The number of esters is 1. The van der Waals surface area contributed by atoms with Gasteiger partial charge in [0.2, 0.25) is 5.78 Å². The number of fused-ring (bicyclic) bond motifs is 3. The first-order valence-electron chi connectivity index (χ1n) is 8.68. The van der Waals surface area contributed by atoms with E-state index in [4.69, 9.17) is 9.47 Å². The van der Waals surface area contributed by atoms with E-state index in [1.165, 1.54) is 0 Å². The molecule has 3 heterocycles. The average molecular weight is 352 g/mol. The normalized spacial score (nSPS) is 18.5. The van der Waals surface area contributed by atoms with E-state index in [0.29, 0.717) is 22.8 Å². The van der Waals surface area contributed by atoms with E-state index < -0.39 is 0 Å². The number of hydrogen-bond acceptors (Lipinski definition) is 5. The number of carbonyl (C=O) groups excluding carboxylic acids is 2. The smallest absolute Gasteiger partial charge is 0.312 e. The lowest BCUT2D eigenvalue weighted by atomic mass is 9.86. The molecule has 0 radical (unpaired) electrons. The Kier molecular flexibility index (Phi) is 3.72. The van der Waals surface area contributed by atoms with Gasteiger partial charge in [0, 0.05) is 23.7 Å². The molecule has 0 spiro atoms. The molecule has 0 N–H and O–H groups in total. The molecule has 1 aromatic carbocycles. The number of benzene rings is 1. The van der Waals surface area contributed by atoms with Gasteiger partial charge in [-0.3, -0.25) is 14.3 Å². The Bertz CT molecular complexity index is 964. The summed E-state index contributed by atoms with van der Waals surface area (Å²) >= 11 is 0. The Labute approximate surface area is 151 Å². The summed E-state index contributed by atoms with van der Waals surface area (Å²) in [5.41, 5.74) is 2.98. The van der Waals surface area contributed by atoms with E-state index in [0.717, 1.165) is 16.7 Å². The van der Waals surface area contributed by atoms with Crippen LogP contribution in [0.4, 0.5) is 0 Å². The number of carbonyl (C=O) groups is 2. The van der Waals surface area contributed by atoms with E-state index in [1.807, 2.05) is 38.6 Å². The van der Waals surface area contributed by atoms with Crippen LogP contribution in [0.1, 0.15) is 67.6 Å².